The van der Waals surface area contributed by atoms with Gasteiger partial charge < -0.3 is 10.6 Å². The molecule has 0 saturated carbocycles. The fourth-order valence-corrected chi connectivity index (χ4v) is 1.35. The molecule has 0 heterocycles. The molecule has 10 heteroatoms. The van der Waals surface area contributed by atoms with Gasteiger partial charge in [-0.2, -0.15) is 26.3 Å². The zero-order valence-corrected chi connectivity index (χ0v) is 10.8. The number of carbonyl (C=O) groups excluding carboxylic acids is 1. The minimum absolute atomic E-state index is 0.102. The number of rotatable bonds is 4. The predicted molar refractivity (Wildman–Crippen MR) is 59.2 cm³/mol. The van der Waals surface area contributed by atoms with E-state index in [0.29, 0.717) is 4.90 Å². The highest BCUT2D eigenvalue weighted by Crippen LogP contribution is 2.40. The maximum absolute atomic E-state index is 12.3. The zero-order valence-electron chi connectivity index (χ0n) is 9.97. The molecule has 0 fully saturated rings. The highest BCUT2D eigenvalue weighted by Gasteiger charge is 2.61. The number of nitrogens with two attached hydrogens (primary N) is 1. The fourth-order valence-electron chi connectivity index (χ4n) is 1.28. The van der Waals surface area contributed by atoms with E-state index < -0.39 is 36.6 Å². The van der Waals surface area contributed by atoms with Crippen molar-refractivity contribution in [2.45, 2.75) is 19.3 Å². The summed E-state index contributed by atoms with van der Waals surface area (Å²) in [6, 6.07) is 0. The molecule has 1 amide bonds. The Morgan fingerprint density at radius 3 is 1.84 bits per heavy atom. The zero-order chi connectivity index (χ0) is 15.6. The average molecular weight is 310 g/mol. The first-order valence-corrected chi connectivity index (χ1v) is 5.37. The molecule has 0 aliphatic carbocycles. The van der Waals surface area contributed by atoms with Gasteiger partial charge in [0.1, 0.15) is 0 Å². The number of halogens is 6. The van der Waals surface area contributed by atoms with Crippen LogP contribution in [-0.2, 0) is 4.79 Å². The molecule has 0 aromatic carbocycles. The van der Waals surface area contributed by atoms with Gasteiger partial charge in [0, 0.05) is 19.5 Å². The van der Waals surface area contributed by atoms with Crippen LogP contribution in [0.3, 0.4) is 0 Å². The number of amides is 1. The van der Waals surface area contributed by atoms with Crippen LogP contribution >= 0.6 is 12.2 Å². The van der Waals surface area contributed by atoms with Crippen LogP contribution < -0.4 is 5.73 Å². The van der Waals surface area contributed by atoms with Gasteiger partial charge in [-0.25, -0.2) is 0 Å². The summed E-state index contributed by atoms with van der Waals surface area (Å²) in [5.41, 5.74) is 5.18. The van der Waals surface area contributed by atoms with Gasteiger partial charge in [-0.3, -0.25) is 4.79 Å². The summed E-state index contributed by atoms with van der Waals surface area (Å²) < 4.78 is 73.8. The van der Waals surface area contributed by atoms with Crippen LogP contribution in [-0.4, -0.2) is 41.7 Å². The maximum Gasteiger partial charge on any atom is 0.409 e. The lowest BCUT2D eigenvalue weighted by Gasteiger charge is -2.28. The van der Waals surface area contributed by atoms with E-state index in [9.17, 15) is 31.1 Å². The molecule has 0 saturated heterocycles. The first-order chi connectivity index (χ1) is 8.28. The van der Waals surface area contributed by atoms with E-state index in [-0.39, 0.29) is 4.99 Å². The van der Waals surface area contributed by atoms with Gasteiger partial charge in [-0.05, 0) is 0 Å². The van der Waals surface area contributed by atoms with Crippen molar-refractivity contribution in [2.24, 2.45) is 17.6 Å². The van der Waals surface area contributed by atoms with E-state index >= 15 is 0 Å². The SMILES string of the molecule is CC(CN(C)C(=O)C(C(F)(F)F)C(F)(F)F)C(N)=S. The summed E-state index contributed by atoms with van der Waals surface area (Å²) in [6.07, 6.45) is -11.4. The Morgan fingerprint density at radius 1 is 1.21 bits per heavy atom. The summed E-state index contributed by atoms with van der Waals surface area (Å²) in [5.74, 6) is -6.81. The van der Waals surface area contributed by atoms with E-state index in [1.54, 1.807) is 0 Å². The Kier molecular flexibility index (Phi) is 5.60. The third kappa shape index (κ3) is 5.21. The highest BCUT2D eigenvalue weighted by molar-refractivity contribution is 7.80. The highest BCUT2D eigenvalue weighted by atomic mass is 32.1. The second kappa shape index (κ2) is 5.93. The number of alkyl halides is 6. The minimum atomic E-state index is -5.70. The van der Waals surface area contributed by atoms with Crippen LogP contribution in [0.25, 0.3) is 0 Å². The molecule has 0 bridgehead atoms. The number of nitrogens with zero attached hydrogens (tertiary/aromatic N) is 1. The van der Waals surface area contributed by atoms with Crippen molar-refractivity contribution in [3.8, 4) is 0 Å². The molecule has 0 aromatic rings. The number of carbonyl (C=O) groups is 1. The molecule has 1 atom stereocenters. The average Bonchev–Trinajstić information content (AvgIpc) is 2.12. The van der Waals surface area contributed by atoms with E-state index in [1.807, 2.05) is 0 Å². The molecule has 1 unspecified atom stereocenters. The predicted octanol–water partition coefficient (Wildman–Crippen LogP) is 2.11. The van der Waals surface area contributed by atoms with Crippen LogP contribution in [0.15, 0.2) is 0 Å². The lowest BCUT2D eigenvalue weighted by atomic mass is 10.1. The van der Waals surface area contributed by atoms with Gasteiger partial charge in [-0.15, -0.1) is 0 Å². The molecule has 0 rings (SSSR count). The van der Waals surface area contributed by atoms with E-state index in [0.717, 1.165) is 7.05 Å². The van der Waals surface area contributed by atoms with Gasteiger partial charge in [0.15, 0.2) is 0 Å². The molecule has 0 aliphatic rings. The Morgan fingerprint density at radius 2 is 1.58 bits per heavy atom. The topological polar surface area (TPSA) is 46.3 Å². The minimum Gasteiger partial charge on any atom is -0.393 e. The van der Waals surface area contributed by atoms with Crippen LogP contribution in [0.2, 0.25) is 0 Å². The van der Waals surface area contributed by atoms with Gasteiger partial charge in [0.05, 0.1) is 4.99 Å². The van der Waals surface area contributed by atoms with Gasteiger partial charge in [-0.1, -0.05) is 19.1 Å². The van der Waals surface area contributed by atoms with Crippen LogP contribution in [0.5, 0.6) is 0 Å². The quantitative estimate of drug-likeness (QED) is 0.639. The maximum atomic E-state index is 12.3. The standard InChI is InChI=1S/C9H12F6N2OS/c1-4(6(16)19)3-17(2)7(18)5(8(10,11)12)9(13,14)15/h4-5H,3H2,1-2H3,(H2,16,19). The molecular formula is C9H12F6N2OS. The molecule has 0 radical (unpaired) electrons. The normalized spacial score (nSPS) is 14.4. The summed E-state index contributed by atoms with van der Waals surface area (Å²) in [7, 11) is 0.835. The Labute approximate surface area is 110 Å². The second-order valence-electron chi connectivity index (χ2n) is 4.04. The molecule has 112 valence electrons. The summed E-state index contributed by atoms with van der Waals surface area (Å²) in [5, 5.41) is 0. The Bertz CT molecular complexity index is 340. The van der Waals surface area contributed by atoms with E-state index in [4.69, 9.17) is 5.73 Å². The number of hydrogen-bond acceptors (Lipinski definition) is 2. The van der Waals surface area contributed by atoms with E-state index in [2.05, 4.69) is 12.2 Å². The smallest absolute Gasteiger partial charge is 0.393 e. The first-order valence-electron chi connectivity index (χ1n) is 4.96. The molecule has 19 heavy (non-hydrogen) atoms. The molecule has 0 spiro atoms. The summed E-state index contributed by atoms with van der Waals surface area (Å²) >= 11 is 4.53. The van der Waals surface area contributed by atoms with Gasteiger partial charge in [0.2, 0.25) is 11.8 Å². The summed E-state index contributed by atoms with van der Waals surface area (Å²) in [4.78, 5) is 11.5. The first kappa shape index (κ1) is 17.9. The largest absolute Gasteiger partial charge is 0.409 e. The molecule has 0 aromatic heterocycles. The molecule has 2 N–H and O–H groups in total. The van der Waals surface area contributed by atoms with Crippen molar-refractivity contribution in [2.75, 3.05) is 13.6 Å². The van der Waals surface area contributed by atoms with Crippen LogP contribution in [0.4, 0.5) is 26.3 Å². The number of hydrogen-bond donors (Lipinski definition) is 1. The summed E-state index contributed by atoms with van der Waals surface area (Å²) in [6.45, 7) is 0.971. The lowest BCUT2D eigenvalue weighted by Crippen LogP contribution is -2.49. The van der Waals surface area contributed by atoms with Gasteiger partial charge in [0.25, 0.3) is 0 Å². The third-order valence-corrected chi connectivity index (χ3v) is 2.71. The van der Waals surface area contributed by atoms with Crippen molar-refractivity contribution in [3.63, 3.8) is 0 Å². The van der Waals surface area contributed by atoms with Crippen molar-refractivity contribution >= 4 is 23.1 Å². The lowest BCUT2D eigenvalue weighted by molar-refractivity contribution is -0.277. The molecule has 0 aliphatic heterocycles. The van der Waals surface area contributed by atoms with Crippen molar-refractivity contribution in [1.29, 1.82) is 0 Å². The monoisotopic (exact) mass is 310 g/mol. The number of thiocarbonyl (C=S) groups is 1. The molecular weight excluding hydrogens is 298 g/mol. The van der Waals surface area contributed by atoms with Crippen molar-refractivity contribution < 1.29 is 31.1 Å². The van der Waals surface area contributed by atoms with Crippen LogP contribution in [0, 0.1) is 11.8 Å². The van der Waals surface area contributed by atoms with Crippen LogP contribution in [0.1, 0.15) is 6.92 Å². The van der Waals surface area contributed by atoms with Crippen molar-refractivity contribution in [1.82, 2.24) is 4.90 Å². The van der Waals surface area contributed by atoms with Crippen molar-refractivity contribution in [3.05, 3.63) is 0 Å². The Hall–Kier alpha value is -1.06. The van der Waals surface area contributed by atoms with E-state index in [1.165, 1.54) is 6.92 Å². The second-order valence-corrected chi connectivity index (χ2v) is 4.51. The third-order valence-electron chi connectivity index (χ3n) is 2.31. The molecule has 3 nitrogen and oxygen atoms in total. The van der Waals surface area contributed by atoms with Gasteiger partial charge >= 0.3 is 12.4 Å². The Balaban J connectivity index is 5.08. The fraction of sp³-hybridized carbons (Fsp3) is 0.778.